The summed E-state index contributed by atoms with van der Waals surface area (Å²) >= 11 is 3.47. The van der Waals surface area contributed by atoms with Crippen molar-refractivity contribution < 1.29 is 49.1 Å². The maximum Gasteiger partial charge on any atom is 1.00 e. The van der Waals surface area contributed by atoms with Crippen LogP contribution in [0.1, 0.15) is 15.3 Å². The van der Waals surface area contributed by atoms with Gasteiger partial charge in [-0.3, -0.25) is 9.11 Å². The van der Waals surface area contributed by atoms with Crippen LogP contribution in [0.5, 0.6) is 0 Å². The van der Waals surface area contributed by atoms with Gasteiger partial charge in [-0.15, -0.1) is 0 Å². The summed E-state index contributed by atoms with van der Waals surface area (Å²) in [4.78, 5) is 9.44. The molecule has 0 heterocycles. The molecular weight excluding hydrogens is 187 g/mol. The first kappa shape index (κ1) is 17.2. The number of rotatable bonds is 0. The number of carbonyl (C=O) groups excluding carboxylic acids is 1. The van der Waals surface area contributed by atoms with Crippen molar-refractivity contribution in [1.29, 1.82) is 0 Å². The molecule has 0 radical (unpaired) electrons. The first-order valence-electron chi connectivity index (χ1n) is 1.90. The monoisotopic (exact) mass is 196 g/mol. The minimum atomic E-state index is -3.83. The van der Waals surface area contributed by atoms with Crippen molar-refractivity contribution in [2.45, 2.75) is 13.8 Å². The molecule has 7 heteroatoms. The van der Waals surface area contributed by atoms with Gasteiger partial charge < -0.3 is 6.22 Å². The van der Waals surface area contributed by atoms with E-state index in [9.17, 15) is 4.79 Å². The van der Waals surface area contributed by atoms with Gasteiger partial charge >= 0.3 is 29.6 Å². The first-order chi connectivity index (χ1) is 3.73. The van der Waals surface area contributed by atoms with E-state index in [1.54, 1.807) is 0 Å². The molecule has 0 atom stereocenters. The second-order valence-corrected chi connectivity index (χ2v) is 3.55. The van der Waals surface area contributed by atoms with Crippen molar-refractivity contribution in [3.05, 3.63) is 0 Å². The van der Waals surface area contributed by atoms with Crippen LogP contribution in [0.4, 0.5) is 0 Å². The zero-order valence-electron chi connectivity index (χ0n) is 7.03. The second-order valence-electron chi connectivity index (χ2n) is 1.36. The molecule has 0 aromatic rings. The van der Waals surface area contributed by atoms with Crippen molar-refractivity contribution in [2.75, 3.05) is 0 Å². The van der Waals surface area contributed by atoms with Crippen molar-refractivity contribution in [3.8, 4) is 0 Å². The molecule has 58 valence electrons. The molecule has 0 spiro atoms. The van der Waals surface area contributed by atoms with Gasteiger partial charge in [0, 0.05) is 11.2 Å². The average molecular weight is 196 g/mol. The summed E-state index contributed by atoms with van der Waals surface area (Å²) in [6, 6.07) is 0. The van der Waals surface area contributed by atoms with E-state index in [1.807, 2.05) is 0 Å². The predicted molar refractivity (Wildman–Crippen MR) is 38.2 cm³/mol. The minimum Gasteiger partial charge on any atom is -1.00 e. The average Bonchev–Trinajstić information content (AvgIpc) is 1.19. The Morgan fingerprint density at radius 3 is 1.50 bits per heavy atom. The van der Waals surface area contributed by atoms with Gasteiger partial charge in [-0.1, -0.05) is 0 Å². The molecule has 2 N–H and O–H groups in total. The number of hydrogen-bond acceptors (Lipinski definition) is 3. The van der Waals surface area contributed by atoms with Crippen molar-refractivity contribution in [3.63, 3.8) is 0 Å². The fourth-order valence-corrected chi connectivity index (χ4v) is 0. The van der Waals surface area contributed by atoms with Gasteiger partial charge in [0.2, 0.25) is 0 Å². The molecule has 0 saturated carbocycles. The molecule has 0 aliphatic rings. The van der Waals surface area contributed by atoms with Gasteiger partial charge in [0.25, 0.3) is 9.05 Å². The van der Waals surface area contributed by atoms with Gasteiger partial charge in [0.1, 0.15) is 5.78 Å². The zero-order valence-corrected chi connectivity index (χ0v) is 9.66. The third-order valence-corrected chi connectivity index (χ3v) is 0. The Morgan fingerprint density at radius 2 is 1.50 bits per heavy atom. The Bertz CT molecular complexity index is 166. The number of Topliss-reactive ketones (excluding diaryl/α,β-unsaturated/α-hetero) is 1. The van der Waals surface area contributed by atoms with E-state index >= 15 is 0 Å². The van der Waals surface area contributed by atoms with Crippen molar-refractivity contribution >= 4 is 26.0 Å². The molecule has 0 unspecified atom stereocenters. The van der Waals surface area contributed by atoms with Gasteiger partial charge in [-0.05, 0) is 13.8 Å². The fraction of sp³-hybridized carbons (Fsp3) is 0.667. The van der Waals surface area contributed by atoms with Crippen molar-refractivity contribution in [1.82, 2.24) is 0 Å². The van der Waals surface area contributed by atoms with Gasteiger partial charge in [0.05, 0.1) is 0 Å². The summed E-state index contributed by atoms with van der Waals surface area (Å²) < 4.78 is 24.0. The quantitative estimate of drug-likeness (QED) is 0.415. The molecule has 4 nitrogen and oxygen atoms in total. The summed E-state index contributed by atoms with van der Waals surface area (Å²) in [6.07, 6.45) is 0. The third-order valence-electron chi connectivity index (χ3n) is 0. The Hall–Kier alpha value is 0.960. The molecule has 10 heavy (non-hydrogen) atoms. The molecule has 0 fully saturated rings. The number of hydrogen-bond donors (Lipinski definition) is 2. The van der Waals surface area contributed by atoms with Crippen LogP contribution in [0.2, 0.25) is 0 Å². The predicted octanol–water partition coefficient (Wildman–Crippen LogP) is -2.61. The van der Waals surface area contributed by atoms with Gasteiger partial charge in [0.15, 0.2) is 0 Å². The SMILES string of the molecule is CC(C)=O.O=S(O)(O)=S.[H-].[Na+]. The Kier molecular flexibility index (Phi) is 13.8. The van der Waals surface area contributed by atoms with Crippen molar-refractivity contribution in [2.24, 2.45) is 0 Å². The molecule has 0 aliphatic carbocycles. The first-order valence-corrected chi connectivity index (χ1v) is 4.30. The minimum absolute atomic E-state index is 0. The Balaban J connectivity index is -0.0000000383. The molecule has 0 aliphatic heterocycles. The van der Waals surface area contributed by atoms with Gasteiger partial charge in [-0.2, -0.15) is 4.21 Å². The standard InChI is InChI=1S/C3H6O.Na.H2O3S2.H/c1-3(2)4;;1-5(2,3)4;/h1-2H3;;(H2,1,2,3,4);/q;+1;;-1. The van der Waals surface area contributed by atoms with Gasteiger partial charge in [-0.25, -0.2) is 0 Å². The van der Waals surface area contributed by atoms with E-state index in [0.717, 1.165) is 0 Å². The van der Waals surface area contributed by atoms with E-state index in [1.165, 1.54) is 13.8 Å². The zero-order chi connectivity index (χ0) is 8.08. The maximum absolute atomic E-state index is 9.44. The van der Waals surface area contributed by atoms with Crippen LogP contribution in [0.15, 0.2) is 0 Å². The van der Waals surface area contributed by atoms with Crippen LogP contribution >= 0.6 is 0 Å². The number of ketones is 1. The molecule has 0 aromatic carbocycles. The molecule has 0 aromatic heterocycles. The summed E-state index contributed by atoms with van der Waals surface area (Å²) in [7, 11) is -3.83. The maximum atomic E-state index is 9.44. The Labute approximate surface area is 88.5 Å². The summed E-state index contributed by atoms with van der Waals surface area (Å²) in [6.45, 7) is 3.06. The van der Waals surface area contributed by atoms with E-state index < -0.39 is 9.05 Å². The van der Waals surface area contributed by atoms with E-state index in [-0.39, 0.29) is 36.8 Å². The third kappa shape index (κ3) is 616. The van der Waals surface area contributed by atoms with E-state index in [0.29, 0.717) is 0 Å². The van der Waals surface area contributed by atoms with Crippen LogP contribution in [-0.2, 0) is 25.0 Å². The van der Waals surface area contributed by atoms with Crippen LogP contribution in [0.3, 0.4) is 0 Å². The summed E-state index contributed by atoms with van der Waals surface area (Å²) in [5.41, 5.74) is 0. The van der Waals surface area contributed by atoms with Crippen LogP contribution in [0.25, 0.3) is 0 Å². The smallest absolute Gasteiger partial charge is 1.00 e. The normalized spacial score (nSPS) is 8.40. The summed E-state index contributed by atoms with van der Waals surface area (Å²) in [5.74, 6) is 0.167. The molecule has 0 bridgehead atoms. The molecule has 0 saturated heterocycles. The van der Waals surface area contributed by atoms with E-state index in [2.05, 4.69) is 11.2 Å². The van der Waals surface area contributed by atoms with E-state index in [4.69, 9.17) is 13.3 Å². The molecule has 0 rings (SSSR count). The largest absolute Gasteiger partial charge is 1.00 e. The fourth-order valence-electron chi connectivity index (χ4n) is 0. The summed E-state index contributed by atoms with van der Waals surface area (Å²) in [5, 5.41) is 0. The molecule has 0 amide bonds. The second kappa shape index (κ2) is 8.06. The van der Waals surface area contributed by atoms with Crippen LogP contribution in [0, 0.1) is 0 Å². The topological polar surface area (TPSA) is 74.6 Å². The Morgan fingerprint density at radius 1 is 1.50 bits per heavy atom. The number of carbonyl (C=O) groups is 1. The molecular formula is C3H9NaO4S2. The van der Waals surface area contributed by atoms with Crippen LogP contribution < -0.4 is 29.6 Å². The van der Waals surface area contributed by atoms with Crippen LogP contribution in [-0.4, -0.2) is 19.1 Å².